The van der Waals surface area contributed by atoms with Gasteiger partial charge in [-0.05, 0) is 81.3 Å². The Bertz CT molecular complexity index is 2640. The summed E-state index contributed by atoms with van der Waals surface area (Å²) in [6, 6.07) is 50.6. The van der Waals surface area contributed by atoms with Crippen LogP contribution >= 0.6 is 0 Å². The Balaban J connectivity index is 1.26. The van der Waals surface area contributed by atoms with Crippen molar-refractivity contribution in [2.45, 2.75) is 25.7 Å². The first-order chi connectivity index (χ1) is 25.1. The van der Waals surface area contributed by atoms with Gasteiger partial charge in [0, 0.05) is 33.4 Å². The van der Waals surface area contributed by atoms with Gasteiger partial charge in [0.25, 0.3) is 0 Å². The minimum absolute atomic E-state index is 0.135. The summed E-state index contributed by atoms with van der Waals surface area (Å²) in [7, 11) is 0. The van der Waals surface area contributed by atoms with Gasteiger partial charge >= 0.3 is 0 Å². The Kier molecular flexibility index (Phi) is 6.69. The number of benzene rings is 6. The number of furan rings is 1. The van der Waals surface area contributed by atoms with Crippen LogP contribution in [0.5, 0.6) is 0 Å². The van der Waals surface area contributed by atoms with Crippen molar-refractivity contribution in [3.8, 4) is 11.1 Å². The van der Waals surface area contributed by atoms with Gasteiger partial charge in [-0.1, -0.05) is 153 Å². The number of anilines is 3. The van der Waals surface area contributed by atoms with E-state index in [0.717, 1.165) is 45.4 Å². The lowest BCUT2D eigenvalue weighted by atomic mass is 9.76. The minimum atomic E-state index is -0.135. The standard InChI is InChI=1S/C49H37NO/c1-49(2)42-23-11-8-19-36(42)37-30-28-34(31-43(37)49)50(45-25-14-22-41-39-21-10-13-26-46(39)51-48(41)45)44-24-12-9-20-38(44)40-29-27-32-15-6-7-18-35(32)47(40)33-16-4-3-5-17-33/h3-14,16-32H,15H2,1-2H3. The summed E-state index contributed by atoms with van der Waals surface area (Å²) in [4.78, 5) is 2.43. The van der Waals surface area contributed by atoms with Crippen LogP contribution in [0.25, 0.3) is 44.2 Å². The molecule has 1 aromatic heterocycles. The highest BCUT2D eigenvalue weighted by molar-refractivity contribution is 6.12. The van der Waals surface area contributed by atoms with Crippen LogP contribution in [0.1, 0.15) is 42.5 Å². The quantitative estimate of drug-likeness (QED) is 0.183. The number of allylic oxidation sites excluding steroid dienone is 8. The smallest absolute Gasteiger partial charge is 0.159 e. The summed E-state index contributed by atoms with van der Waals surface area (Å²) in [6.45, 7) is 4.71. The molecule has 3 aliphatic rings. The van der Waals surface area contributed by atoms with Gasteiger partial charge in [-0.25, -0.2) is 0 Å². The monoisotopic (exact) mass is 655 g/mol. The highest BCUT2D eigenvalue weighted by atomic mass is 16.3. The molecule has 3 aliphatic carbocycles. The molecule has 6 aromatic carbocycles. The van der Waals surface area contributed by atoms with Gasteiger partial charge < -0.3 is 9.32 Å². The van der Waals surface area contributed by atoms with E-state index in [1.54, 1.807) is 0 Å². The normalized spacial score (nSPS) is 17.0. The van der Waals surface area contributed by atoms with Crippen LogP contribution < -0.4 is 4.90 Å². The molecule has 0 radical (unpaired) electrons. The minimum Gasteiger partial charge on any atom is -0.454 e. The number of rotatable bonds is 5. The Morgan fingerprint density at radius 1 is 0.647 bits per heavy atom. The van der Waals surface area contributed by atoms with E-state index in [-0.39, 0.29) is 5.41 Å². The second-order valence-electron chi connectivity index (χ2n) is 14.4. The van der Waals surface area contributed by atoms with Crippen molar-refractivity contribution in [2.75, 3.05) is 4.90 Å². The Morgan fingerprint density at radius 2 is 1.37 bits per heavy atom. The van der Waals surface area contributed by atoms with Crippen molar-refractivity contribution in [3.63, 3.8) is 0 Å². The summed E-state index contributed by atoms with van der Waals surface area (Å²) in [5, 5.41) is 2.24. The van der Waals surface area contributed by atoms with Gasteiger partial charge in [0.2, 0.25) is 0 Å². The summed E-state index contributed by atoms with van der Waals surface area (Å²) in [5.41, 5.74) is 16.5. The molecule has 0 amide bonds. The molecule has 0 fully saturated rings. The number of hydrogen-bond acceptors (Lipinski definition) is 2. The van der Waals surface area contributed by atoms with Gasteiger partial charge in [0.05, 0.1) is 11.4 Å². The van der Waals surface area contributed by atoms with Crippen LogP contribution in [0.15, 0.2) is 180 Å². The maximum absolute atomic E-state index is 6.75. The molecule has 2 nitrogen and oxygen atoms in total. The Morgan fingerprint density at radius 3 is 2.27 bits per heavy atom. The third-order valence-corrected chi connectivity index (χ3v) is 11.2. The first kappa shape index (κ1) is 29.8. The lowest BCUT2D eigenvalue weighted by Crippen LogP contribution is -2.17. The molecular formula is C49H37NO. The molecule has 1 atom stereocenters. The van der Waals surface area contributed by atoms with Gasteiger partial charge in [0.15, 0.2) is 5.58 Å². The zero-order valence-corrected chi connectivity index (χ0v) is 28.8. The van der Waals surface area contributed by atoms with Crippen LogP contribution in [-0.2, 0) is 5.41 Å². The van der Waals surface area contributed by atoms with E-state index in [0.29, 0.717) is 5.92 Å². The third kappa shape index (κ3) is 4.56. The zero-order chi connectivity index (χ0) is 34.1. The SMILES string of the molecule is CC1(C)c2ccccc2-c2ccc(N(c3ccccc3C3=C(c4ccccc4)C4=CC=CCC4C=C3)c3cccc4c3oc3ccccc34)cc21. The molecule has 2 heteroatoms. The maximum Gasteiger partial charge on any atom is 0.159 e. The first-order valence-electron chi connectivity index (χ1n) is 18.0. The van der Waals surface area contributed by atoms with Crippen molar-refractivity contribution in [2.24, 2.45) is 5.92 Å². The lowest BCUT2D eigenvalue weighted by Gasteiger charge is -2.32. The van der Waals surface area contributed by atoms with E-state index in [1.807, 2.05) is 6.07 Å². The molecule has 0 spiro atoms. The molecule has 0 bridgehead atoms. The number of para-hydroxylation sites is 3. The van der Waals surface area contributed by atoms with Crippen LogP contribution in [-0.4, -0.2) is 0 Å². The average molecular weight is 656 g/mol. The van der Waals surface area contributed by atoms with Gasteiger partial charge in [-0.15, -0.1) is 0 Å². The maximum atomic E-state index is 6.75. The third-order valence-electron chi connectivity index (χ3n) is 11.2. The van der Waals surface area contributed by atoms with Crippen LogP contribution in [0.3, 0.4) is 0 Å². The van der Waals surface area contributed by atoms with Crippen molar-refractivity contribution in [3.05, 3.63) is 198 Å². The molecule has 244 valence electrons. The van der Waals surface area contributed by atoms with Crippen molar-refractivity contribution in [1.29, 1.82) is 0 Å². The number of fused-ring (bicyclic) bond motifs is 7. The second-order valence-corrected chi connectivity index (χ2v) is 14.4. The molecular weight excluding hydrogens is 619 g/mol. The van der Waals surface area contributed by atoms with E-state index < -0.39 is 0 Å². The summed E-state index contributed by atoms with van der Waals surface area (Å²) < 4.78 is 6.75. The average Bonchev–Trinajstić information content (AvgIpc) is 3.68. The largest absolute Gasteiger partial charge is 0.454 e. The van der Waals surface area contributed by atoms with Gasteiger partial charge in [0.1, 0.15) is 5.58 Å². The molecule has 51 heavy (non-hydrogen) atoms. The van der Waals surface area contributed by atoms with E-state index in [9.17, 15) is 0 Å². The van der Waals surface area contributed by atoms with E-state index in [1.165, 1.54) is 50.1 Å². The molecule has 0 N–H and O–H groups in total. The summed E-state index contributed by atoms with van der Waals surface area (Å²) >= 11 is 0. The highest BCUT2D eigenvalue weighted by Gasteiger charge is 2.36. The van der Waals surface area contributed by atoms with E-state index >= 15 is 0 Å². The fourth-order valence-electron chi connectivity index (χ4n) is 8.75. The molecule has 7 aromatic rings. The second kappa shape index (κ2) is 11.5. The summed E-state index contributed by atoms with van der Waals surface area (Å²) in [5.74, 6) is 0.363. The molecule has 0 saturated heterocycles. The predicted molar refractivity (Wildman–Crippen MR) is 214 cm³/mol. The van der Waals surface area contributed by atoms with Crippen LogP contribution in [0, 0.1) is 5.92 Å². The molecule has 0 aliphatic heterocycles. The van der Waals surface area contributed by atoms with Crippen LogP contribution in [0.4, 0.5) is 17.1 Å². The number of hydrogen-bond donors (Lipinski definition) is 0. The fraction of sp³-hybridized carbons (Fsp3) is 0.102. The van der Waals surface area contributed by atoms with Crippen LogP contribution in [0.2, 0.25) is 0 Å². The predicted octanol–water partition coefficient (Wildman–Crippen LogP) is 13.3. The Labute approximate surface area is 299 Å². The Hall–Kier alpha value is -6.12. The lowest BCUT2D eigenvalue weighted by molar-refractivity contribution is 0.660. The molecule has 10 rings (SSSR count). The first-order valence-corrected chi connectivity index (χ1v) is 18.0. The van der Waals surface area contributed by atoms with E-state index in [4.69, 9.17) is 4.42 Å². The molecule has 1 unspecified atom stereocenters. The number of nitrogens with zero attached hydrogens (tertiary/aromatic N) is 1. The topological polar surface area (TPSA) is 16.4 Å². The van der Waals surface area contributed by atoms with Crippen molar-refractivity contribution >= 4 is 50.1 Å². The summed E-state index contributed by atoms with van der Waals surface area (Å²) in [6.07, 6.45) is 12.6. The highest BCUT2D eigenvalue weighted by Crippen LogP contribution is 2.53. The van der Waals surface area contributed by atoms with E-state index in [2.05, 4.69) is 183 Å². The van der Waals surface area contributed by atoms with Crippen molar-refractivity contribution < 1.29 is 4.42 Å². The molecule has 0 saturated carbocycles. The van der Waals surface area contributed by atoms with Gasteiger partial charge in [-0.2, -0.15) is 0 Å². The van der Waals surface area contributed by atoms with Crippen molar-refractivity contribution in [1.82, 2.24) is 0 Å². The van der Waals surface area contributed by atoms with Gasteiger partial charge in [-0.3, -0.25) is 0 Å². The zero-order valence-electron chi connectivity index (χ0n) is 28.8. The fourth-order valence-corrected chi connectivity index (χ4v) is 8.75. The molecule has 1 heterocycles.